The first kappa shape index (κ1) is 16.2. The van der Waals surface area contributed by atoms with E-state index in [1.807, 2.05) is 12.1 Å². The van der Waals surface area contributed by atoms with E-state index in [-0.39, 0.29) is 5.60 Å². The van der Waals surface area contributed by atoms with Gasteiger partial charge in [-0.25, -0.2) is 4.98 Å². The van der Waals surface area contributed by atoms with Crippen LogP contribution in [-0.2, 0) is 11.3 Å². The second-order valence-corrected chi connectivity index (χ2v) is 6.08. The van der Waals surface area contributed by atoms with E-state index in [0.29, 0.717) is 19.0 Å². The number of rotatable bonds is 7. The van der Waals surface area contributed by atoms with E-state index in [9.17, 15) is 0 Å². The van der Waals surface area contributed by atoms with E-state index in [1.165, 1.54) is 25.7 Å². The van der Waals surface area contributed by atoms with Crippen molar-refractivity contribution in [1.29, 1.82) is 0 Å². The highest BCUT2D eigenvalue weighted by atomic mass is 16.5. The van der Waals surface area contributed by atoms with Crippen LogP contribution < -0.4 is 10.5 Å². The minimum atomic E-state index is -0.162. The van der Waals surface area contributed by atoms with Crippen LogP contribution in [0, 0.1) is 5.92 Å². The monoisotopic (exact) mass is 292 g/mol. The Hall–Kier alpha value is -1.13. The standard InChI is InChI=1S/C17H28N2O2/c1-3-5-14-7-9-17(13-18,10-8-14)21-12-15-6-4-11-19-16(15)20-2/h4,6,11,14H,3,5,7-10,12-13,18H2,1-2H3. The van der Waals surface area contributed by atoms with Crippen molar-refractivity contribution >= 4 is 0 Å². The lowest BCUT2D eigenvalue weighted by atomic mass is 9.77. The summed E-state index contributed by atoms with van der Waals surface area (Å²) in [7, 11) is 1.64. The van der Waals surface area contributed by atoms with Crippen molar-refractivity contribution in [2.24, 2.45) is 11.7 Å². The molecule has 0 radical (unpaired) electrons. The van der Waals surface area contributed by atoms with Crippen molar-refractivity contribution in [2.75, 3.05) is 13.7 Å². The van der Waals surface area contributed by atoms with Crippen LogP contribution >= 0.6 is 0 Å². The molecular weight excluding hydrogens is 264 g/mol. The summed E-state index contributed by atoms with van der Waals surface area (Å²) in [6.07, 6.45) is 8.93. The molecule has 0 saturated heterocycles. The van der Waals surface area contributed by atoms with Crippen molar-refractivity contribution in [3.8, 4) is 5.88 Å². The molecule has 1 aromatic rings. The third-order valence-electron chi connectivity index (χ3n) is 4.66. The normalized spacial score (nSPS) is 25.8. The van der Waals surface area contributed by atoms with Gasteiger partial charge in [0.2, 0.25) is 5.88 Å². The number of pyridine rings is 1. The van der Waals surface area contributed by atoms with Crippen molar-refractivity contribution in [3.63, 3.8) is 0 Å². The van der Waals surface area contributed by atoms with E-state index in [0.717, 1.165) is 24.3 Å². The van der Waals surface area contributed by atoms with Gasteiger partial charge in [0.25, 0.3) is 0 Å². The summed E-state index contributed by atoms with van der Waals surface area (Å²) in [4.78, 5) is 4.21. The van der Waals surface area contributed by atoms with E-state index < -0.39 is 0 Å². The Labute approximate surface area is 128 Å². The predicted octanol–water partition coefficient (Wildman–Crippen LogP) is 3.29. The Kier molecular flexibility index (Phi) is 6.00. The largest absolute Gasteiger partial charge is 0.481 e. The first-order valence-corrected chi connectivity index (χ1v) is 8.05. The van der Waals surface area contributed by atoms with Crippen molar-refractivity contribution in [3.05, 3.63) is 23.9 Å². The predicted molar refractivity (Wildman–Crippen MR) is 84.2 cm³/mol. The van der Waals surface area contributed by atoms with Gasteiger partial charge in [-0.2, -0.15) is 0 Å². The number of hydrogen-bond donors (Lipinski definition) is 1. The molecule has 0 atom stereocenters. The molecule has 2 rings (SSSR count). The maximum absolute atomic E-state index is 6.23. The molecular formula is C17H28N2O2. The second-order valence-electron chi connectivity index (χ2n) is 6.08. The molecule has 1 aromatic heterocycles. The fraction of sp³-hybridized carbons (Fsp3) is 0.706. The van der Waals surface area contributed by atoms with Gasteiger partial charge in [0, 0.05) is 18.3 Å². The zero-order valence-corrected chi connectivity index (χ0v) is 13.3. The molecule has 0 spiro atoms. The highest BCUT2D eigenvalue weighted by Gasteiger charge is 2.35. The maximum atomic E-state index is 6.23. The van der Waals surface area contributed by atoms with Crippen LogP contribution in [0.25, 0.3) is 0 Å². The molecule has 2 N–H and O–H groups in total. The average molecular weight is 292 g/mol. The van der Waals surface area contributed by atoms with Gasteiger partial charge in [-0.05, 0) is 43.7 Å². The lowest BCUT2D eigenvalue weighted by Gasteiger charge is -2.39. The zero-order chi connectivity index (χ0) is 15.1. The lowest BCUT2D eigenvalue weighted by molar-refractivity contribution is -0.0821. The summed E-state index contributed by atoms with van der Waals surface area (Å²) in [5, 5.41) is 0. The third-order valence-corrected chi connectivity index (χ3v) is 4.66. The Morgan fingerprint density at radius 3 is 2.76 bits per heavy atom. The molecule has 1 aliphatic rings. The number of nitrogens with zero attached hydrogens (tertiary/aromatic N) is 1. The van der Waals surface area contributed by atoms with Gasteiger partial charge < -0.3 is 15.2 Å². The minimum Gasteiger partial charge on any atom is -0.481 e. The van der Waals surface area contributed by atoms with Gasteiger partial charge in [-0.1, -0.05) is 19.8 Å². The third kappa shape index (κ3) is 4.17. The van der Waals surface area contributed by atoms with Crippen LogP contribution in [-0.4, -0.2) is 24.2 Å². The highest BCUT2D eigenvalue weighted by molar-refractivity contribution is 5.24. The molecule has 0 unspecified atom stereocenters. The molecule has 0 aliphatic heterocycles. The highest BCUT2D eigenvalue weighted by Crippen LogP contribution is 2.37. The molecule has 0 bridgehead atoms. The summed E-state index contributed by atoms with van der Waals surface area (Å²) >= 11 is 0. The lowest BCUT2D eigenvalue weighted by Crippen LogP contribution is -2.43. The van der Waals surface area contributed by atoms with Crippen molar-refractivity contribution in [1.82, 2.24) is 4.98 Å². The van der Waals surface area contributed by atoms with E-state index >= 15 is 0 Å². The SMILES string of the molecule is CCCC1CCC(CN)(OCc2cccnc2OC)CC1. The van der Waals surface area contributed by atoms with Crippen LogP contribution in [0.2, 0.25) is 0 Å². The fourth-order valence-electron chi connectivity index (χ4n) is 3.26. The molecule has 4 heteroatoms. The topological polar surface area (TPSA) is 57.4 Å². The maximum Gasteiger partial charge on any atom is 0.218 e. The summed E-state index contributed by atoms with van der Waals surface area (Å²) in [6, 6.07) is 3.91. The number of nitrogens with two attached hydrogens (primary N) is 1. The smallest absolute Gasteiger partial charge is 0.218 e. The quantitative estimate of drug-likeness (QED) is 0.837. The average Bonchev–Trinajstić information content (AvgIpc) is 2.55. The van der Waals surface area contributed by atoms with Gasteiger partial charge in [0.05, 0.1) is 19.3 Å². The number of ether oxygens (including phenoxy) is 2. The molecule has 1 saturated carbocycles. The summed E-state index contributed by atoms with van der Waals surface area (Å²) in [5.74, 6) is 1.50. The first-order chi connectivity index (χ1) is 10.2. The van der Waals surface area contributed by atoms with Gasteiger partial charge in [-0.3, -0.25) is 0 Å². The van der Waals surface area contributed by atoms with E-state index in [1.54, 1.807) is 13.3 Å². The fourth-order valence-corrected chi connectivity index (χ4v) is 3.26. The Bertz CT molecular complexity index is 429. The molecule has 4 nitrogen and oxygen atoms in total. The van der Waals surface area contributed by atoms with Crippen LogP contribution in [0.1, 0.15) is 51.0 Å². The van der Waals surface area contributed by atoms with Crippen LogP contribution in [0.5, 0.6) is 5.88 Å². The van der Waals surface area contributed by atoms with Gasteiger partial charge in [0.1, 0.15) is 0 Å². The van der Waals surface area contributed by atoms with Gasteiger partial charge in [0.15, 0.2) is 0 Å². The molecule has 0 amide bonds. The van der Waals surface area contributed by atoms with Crippen LogP contribution in [0.3, 0.4) is 0 Å². The first-order valence-electron chi connectivity index (χ1n) is 8.05. The molecule has 1 fully saturated rings. The molecule has 21 heavy (non-hydrogen) atoms. The van der Waals surface area contributed by atoms with Gasteiger partial charge in [-0.15, -0.1) is 0 Å². The Morgan fingerprint density at radius 2 is 2.14 bits per heavy atom. The number of hydrogen-bond acceptors (Lipinski definition) is 4. The molecule has 118 valence electrons. The van der Waals surface area contributed by atoms with Crippen molar-refractivity contribution in [2.45, 2.75) is 57.7 Å². The second kappa shape index (κ2) is 7.76. The van der Waals surface area contributed by atoms with E-state index in [2.05, 4.69) is 11.9 Å². The minimum absolute atomic E-state index is 0.162. The molecule has 1 aliphatic carbocycles. The van der Waals surface area contributed by atoms with Crippen LogP contribution in [0.15, 0.2) is 18.3 Å². The number of methoxy groups -OCH3 is 1. The summed E-state index contributed by atoms with van der Waals surface area (Å²) in [6.45, 7) is 3.37. The Balaban J connectivity index is 1.94. The zero-order valence-electron chi connectivity index (χ0n) is 13.3. The van der Waals surface area contributed by atoms with Gasteiger partial charge >= 0.3 is 0 Å². The van der Waals surface area contributed by atoms with E-state index in [4.69, 9.17) is 15.2 Å². The summed E-state index contributed by atoms with van der Waals surface area (Å²) < 4.78 is 11.5. The van der Waals surface area contributed by atoms with Crippen LogP contribution in [0.4, 0.5) is 0 Å². The number of aromatic nitrogens is 1. The summed E-state index contributed by atoms with van der Waals surface area (Å²) in [5.41, 5.74) is 6.85. The molecule has 0 aromatic carbocycles. The molecule has 1 heterocycles. The van der Waals surface area contributed by atoms with Crippen molar-refractivity contribution < 1.29 is 9.47 Å². The Morgan fingerprint density at radius 1 is 1.38 bits per heavy atom.